The summed E-state index contributed by atoms with van der Waals surface area (Å²) >= 11 is 0. The van der Waals surface area contributed by atoms with Crippen LogP contribution in [0.4, 0.5) is 5.69 Å². The molecular formula is C16H24N4O. The number of hydrogen-bond donors (Lipinski definition) is 1. The van der Waals surface area contributed by atoms with Gasteiger partial charge in [0.25, 0.3) is 0 Å². The van der Waals surface area contributed by atoms with E-state index in [1.54, 1.807) is 17.3 Å². The van der Waals surface area contributed by atoms with Crippen molar-refractivity contribution in [1.82, 2.24) is 15.2 Å². The van der Waals surface area contributed by atoms with Crippen LogP contribution in [0.1, 0.15) is 25.7 Å². The first kappa shape index (κ1) is 14.5. The van der Waals surface area contributed by atoms with E-state index >= 15 is 0 Å². The van der Waals surface area contributed by atoms with Crippen LogP contribution in [0, 0.1) is 0 Å². The molecular weight excluding hydrogens is 264 g/mol. The van der Waals surface area contributed by atoms with E-state index in [0.717, 1.165) is 51.0 Å². The smallest absolute Gasteiger partial charge is 0.244 e. The van der Waals surface area contributed by atoms with Gasteiger partial charge in [-0.2, -0.15) is 0 Å². The van der Waals surface area contributed by atoms with Gasteiger partial charge in [0, 0.05) is 19.3 Å². The average Bonchev–Trinajstić information content (AvgIpc) is 3.04. The number of aromatic nitrogens is 1. The van der Waals surface area contributed by atoms with Crippen molar-refractivity contribution >= 4 is 11.6 Å². The van der Waals surface area contributed by atoms with Crippen molar-refractivity contribution in [2.24, 2.45) is 0 Å². The second-order valence-corrected chi connectivity index (χ2v) is 5.99. The third-order valence-electron chi connectivity index (χ3n) is 4.72. The Balaban J connectivity index is 1.70. The Morgan fingerprint density at radius 1 is 1.38 bits per heavy atom. The van der Waals surface area contributed by atoms with Crippen LogP contribution in [0.3, 0.4) is 0 Å². The zero-order valence-electron chi connectivity index (χ0n) is 12.7. The fourth-order valence-electron chi connectivity index (χ4n) is 3.53. The van der Waals surface area contributed by atoms with E-state index in [1.807, 2.05) is 19.2 Å². The number of rotatable bonds is 3. The monoisotopic (exact) mass is 288 g/mol. The summed E-state index contributed by atoms with van der Waals surface area (Å²) in [5.74, 6) is 0.207. The Morgan fingerprint density at radius 3 is 2.90 bits per heavy atom. The quantitative estimate of drug-likeness (QED) is 0.910. The minimum Gasteiger partial charge on any atom is -0.317 e. The number of carbonyl (C=O) groups is 1. The van der Waals surface area contributed by atoms with Crippen LogP contribution in [-0.4, -0.2) is 54.6 Å². The molecule has 2 aliphatic heterocycles. The second kappa shape index (κ2) is 6.54. The van der Waals surface area contributed by atoms with Gasteiger partial charge in [-0.05, 0) is 57.5 Å². The number of likely N-dealkylation sites (tertiary alicyclic amines) is 1. The SMILES string of the molecule is CN(C(=O)C1CCCN1C1CCNCC1)c1cccnc1. The molecule has 1 N–H and O–H groups in total. The lowest BCUT2D eigenvalue weighted by Gasteiger charge is -2.36. The third-order valence-corrected chi connectivity index (χ3v) is 4.72. The standard InChI is InChI=1S/C16H24N4O/c1-19(14-4-2-8-18-12-14)16(21)15-5-3-11-20(15)13-6-9-17-10-7-13/h2,4,8,12-13,15,17H,3,5-7,9-11H2,1H3. The van der Waals surface area contributed by atoms with Crippen LogP contribution in [0.5, 0.6) is 0 Å². The predicted octanol–water partition coefficient (Wildman–Crippen LogP) is 1.26. The first-order valence-corrected chi connectivity index (χ1v) is 7.91. The van der Waals surface area contributed by atoms with Crippen LogP contribution < -0.4 is 10.2 Å². The summed E-state index contributed by atoms with van der Waals surface area (Å²) in [7, 11) is 1.86. The molecule has 1 unspecified atom stereocenters. The Labute approximate surface area is 126 Å². The maximum absolute atomic E-state index is 12.8. The molecule has 21 heavy (non-hydrogen) atoms. The number of hydrogen-bond acceptors (Lipinski definition) is 4. The van der Waals surface area contributed by atoms with E-state index in [1.165, 1.54) is 0 Å². The topological polar surface area (TPSA) is 48.5 Å². The number of pyridine rings is 1. The highest BCUT2D eigenvalue weighted by atomic mass is 16.2. The molecule has 1 amide bonds. The van der Waals surface area contributed by atoms with Gasteiger partial charge in [0.15, 0.2) is 0 Å². The lowest BCUT2D eigenvalue weighted by Crippen LogP contribution is -2.51. The van der Waals surface area contributed by atoms with Crippen LogP contribution >= 0.6 is 0 Å². The summed E-state index contributed by atoms with van der Waals surface area (Å²) < 4.78 is 0. The summed E-state index contributed by atoms with van der Waals surface area (Å²) in [5, 5.41) is 3.40. The Bertz CT molecular complexity index is 472. The largest absolute Gasteiger partial charge is 0.317 e. The summed E-state index contributed by atoms with van der Waals surface area (Å²) in [4.78, 5) is 21.1. The number of carbonyl (C=O) groups excluding carboxylic acids is 1. The molecule has 0 bridgehead atoms. The van der Waals surface area contributed by atoms with Gasteiger partial charge in [-0.25, -0.2) is 0 Å². The van der Waals surface area contributed by atoms with Crippen molar-refractivity contribution in [3.8, 4) is 0 Å². The number of piperidine rings is 1. The molecule has 1 aromatic rings. The molecule has 0 aliphatic carbocycles. The first-order chi connectivity index (χ1) is 10.3. The van der Waals surface area contributed by atoms with Crippen molar-refractivity contribution in [3.63, 3.8) is 0 Å². The van der Waals surface area contributed by atoms with Crippen molar-refractivity contribution < 1.29 is 4.79 Å². The van der Waals surface area contributed by atoms with Crippen molar-refractivity contribution in [2.45, 2.75) is 37.8 Å². The Morgan fingerprint density at radius 2 is 2.19 bits per heavy atom. The average molecular weight is 288 g/mol. The molecule has 1 atom stereocenters. The lowest BCUT2D eigenvalue weighted by atomic mass is 10.0. The molecule has 114 valence electrons. The van der Waals surface area contributed by atoms with E-state index in [-0.39, 0.29) is 11.9 Å². The van der Waals surface area contributed by atoms with E-state index < -0.39 is 0 Å². The van der Waals surface area contributed by atoms with Crippen molar-refractivity contribution in [3.05, 3.63) is 24.5 Å². The fraction of sp³-hybridized carbons (Fsp3) is 0.625. The molecule has 2 aliphatic rings. The van der Waals surface area contributed by atoms with Gasteiger partial charge in [-0.1, -0.05) is 0 Å². The maximum Gasteiger partial charge on any atom is 0.244 e. The molecule has 5 heteroatoms. The fourth-order valence-corrected chi connectivity index (χ4v) is 3.53. The molecule has 5 nitrogen and oxygen atoms in total. The van der Waals surface area contributed by atoms with Gasteiger partial charge in [-0.3, -0.25) is 14.7 Å². The van der Waals surface area contributed by atoms with Gasteiger partial charge in [-0.15, -0.1) is 0 Å². The maximum atomic E-state index is 12.8. The number of amides is 1. The minimum atomic E-state index is 0.0401. The molecule has 3 heterocycles. The van der Waals surface area contributed by atoms with Crippen molar-refractivity contribution in [2.75, 3.05) is 31.6 Å². The summed E-state index contributed by atoms with van der Waals surface area (Å²) in [6.45, 7) is 3.20. The van der Waals surface area contributed by atoms with Gasteiger partial charge in [0.1, 0.15) is 0 Å². The highest BCUT2D eigenvalue weighted by Gasteiger charge is 2.37. The molecule has 0 radical (unpaired) electrons. The Kier molecular flexibility index (Phi) is 4.51. The highest BCUT2D eigenvalue weighted by Crippen LogP contribution is 2.26. The van der Waals surface area contributed by atoms with E-state index in [2.05, 4.69) is 15.2 Å². The summed E-state index contributed by atoms with van der Waals surface area (Å²) in [6, 6.07) is 4.41. The minimum absolute atomic E-state index is 0.0401. The molecule has 0 spiro atoms. The molecule has 2 saturated heterocycles. The van der Waals surface area contributed by atoms with Crippen LogP contribution in [0.25, 0.3) is 0 Å². The molecule has 0 saturated carbocycles. The number of nitrogens with zero attached hydrogens (tertiary/aromatic N) is 3. The number of anilines is 1. The van der Waals surface area contributed by atoms with Gasteiger partial charge in [0.2, 0.25) is 5.91 Å². The third kappa shape index (κ3) is 3.09. The van der Waals surface area contributed by atoms with E-state index in [0.29, 0.717) is 6.04 Å². The molecule has 1 aromatic heterocycles. The first-order valence-electron chi connectivity index (χ1n) is 7.91. The van der Waals surface area contributed by atoms with E-state index in [9.17, 15) is 4.79 Å². The Hall–Kier alpha value is -1.46. The highest BCUT2D eigenvalue weighted by molar-refractivity contribution is 5.96. The molecule has 3 rings (SSSR count). The number of nitrogens with one attached hydrogen (secondary N) is 1. The van der Waals surface area contributed by atoms with Gasteiger partial charge in [0.05, 0.1) is 17.9 Å². The predicted molar refractivity (Wildman–Crippen MR) is 83.3 cm³/mol. The zero-order valence-corrected chi connectivity index (χ0v) is 12.7. The summed E-state index contributed by atoms with van der Waals surface area (Å²) in [6.07, 6.45) is 7.90. The molecule has 0 aromatic carbocycles. The zero-order chi connectivity index (χ0) is 14.7. The normalized spacial score (nSPS) is 24.1. The van der Waals surface area contributed by atoms with Crippen LogP contribution in [0.15, 0.2) is 24.5 Å². The van der Waals surface area contributed by atoms with E-state index in [4.69, 9.17) is 0 Å². The summed E-state index contributed by atoms with van der Waals surface area (Å²) in [5.41, 5.74) is 0.875. The van der Waals surface area contributed by atoms with Gasteiger partial charge >= 0.3 is 0 Å². The van der Waals surface area contributed by atoms with Crippen LogP contribution in [-0.2, 0) is 4.79 Å². The second-order valence-electron chi connectivity index (χ2n) is 5.99. The van der Waals surface area contributed by atoms with Gasteiger partial charge < -0.3 is 10.2 Å². The van der Waals surface area contributed by atoms with Crippen molar-refractivity contribution in [1.29, 1.82) is 0 Å². The lowest BCUT2D eigenvalue weighted by molar-refractivity contribution is -0.123. The molecule has 2 fully saturated rings. The number of likely N-dealkylation sites (N-methyl/N-ethyl adjacent to an activating group) is 1. The van der Waals surface area contributed by atoms with Crippen LogP contribution in [0.2, 0.25) is 0 Å².